The van der Waals surface area contributed by atoms with Crippen molar-refractivity contribution in [1.29, 1.82) is 0 Å². The number of likely N-dealkylation sites (N-methyl/N-ethyl adjacent to an activating group) is 1. The largest absolute Gasteiger partial charge is 0.332 e. The van der Waals surface area contributed by atoms with E-state index in [0.29, 0.717) is 5.69 Å². The second-order valence-electron chi connectivity index (χ2n) is 7.19. The fourth-order valence-electron chi connectivity index (χ4n) is 2.89. The summed E-state index contributed by atoms with van der Waals surface area (Å²) >= 11 is 6.03. The summed E-state index contributed by atoms with van der Waals surface area (Å²) in [6.07, 6.45) is 0. The van der Waals surface area contributed by atoms with Crippen LogP contribution in [0.4, 0.5) is 11.4 Å². The number of halogens is 1. The Balaban J connectivity index is 1.70. The van der Waals surface area contributed by atoms with Crippen molar-refractivity contribution < 1.29 is 18.0 Å². The molecule has 166 valence electrons. The van der Waals surface area contributed by atoms with Crippen LogP contribution < -0.4 is 10.0 Å². The molecule has 2 amide bonds. The van der Waals surface area contributed by atoms with Crippen LogP contribution >= 0.6 is 11.6 Å². The highest BCUT2D eigenvalue weighted by Crippen LogP contribution is 2.24. The Kier molecular flexibility index (Phi) is 7.17. The number of hydrogen-bond donors (Lipinski definition) is 2. The first-order valence-electron chi connectivity index (χ1n) is 9.65. The molecule has 0 aliphatic heterocycles. The molecule has 3 aromatic rings. The fraction of sp³-hybridized carbons (Fsp3) is 0.130. The third kappa shape index (κ3) is 5.87. The Morgan fingerprint density at radius 3 is 2.34 bits per heavy atom. The van der Waals surface area contributed by atoms with Crippen LogP contribution in [0.15, 0.2) is 77.7 Å². The van der Waals surface area contributed by atoms with E-state index in [1.807, 2.05) is 19.1 Å². The number of nitrogens with one attached hydrogen (secondary N) is 2. The van der Waals surface area contributed by atoms with Gasteiger partial charge in [-0.3, -0.25) is 14.3 Å². The minimum atomic E-state index is -3.97. The second-order valence-corrected chi connectivity index (χ2v) is 9.28. The normalized spacial score (nSPS) is 11.0. The molecule has 0 aromatic heterocycles. The summed E-state index contributed by atoms with van der Waals surface area (Å²) in [6.45, 7) is 1.75. The molecule has 0 spiro atoms. The number of amides is 2. The van der Waals surface area contributed by atoms with E-state index >= 15 is 0 Å². The van der Waals surface area contributed by atoms with Gasteiger partial charge in [-0.05, 0) is 49.4 Å². The Hall–Kier alpha value is -3.36. The molecule has 0 radical (unpaired) electrons. The Morgan fingerprint density at radius 1 is 0.969 bits per heavy atom. The molecule has 0 bridgehead atoms. The van der Waals surface area contributed by atoms with Crippen LogP contribution in [0, 0.1) is 6.92 Å². The molecule has 0 heterocycles. The fourth-order valence-corrected chi connectivity index (χ4v) is 4.25. The minimum absolute atomic E-state index is 0.0965. The van der Waals surface area contributed by atoms with Gasteiger partial charge < -0.3 is 10.2 Å². The van der Waals surface area contributed by atoms with Crippen molar-refractivity contribution in [1.82, 2.24) is 4.90 Å². The number of benzene rings is 3. The molecule has 3 rings (SSSR count). The van der Waals surface area contributed by atoms with Gasteiger partial charge in [-0.1, -0.05) is 47.5 Å². The molecular formula is C23H22ClN3O4S. The lowest BCUT2D eigenvalue weighted by Crippen LogP contribution is -2.35. The standard InChI is InChI=1S/C23H22ClN3O4S/c1-16-10-12-18(13-11-16)25-22(28)15-27(2)23(29)17-6-5-7-19(14-17)32(30,31)26-21-9-4-3-8-20(21)24/h3-14,26H,15H2,1-2H3,(H,25,28). The Labute approximate surface area is 192 Å². The molecule has 3 aromatic carbocycles. The summed E-state index contributed by atoms with van der Waals surface area (Å²) in [5.41, 5.74) is 2.06. The van der Waals surface area contributed by atoms with Crippen LogP contribution in [0.5, 0.6) is 0 Å². The molecule has 0 saturated carbocycles. The first-order valence-corrected chi connectivity index (χ1v) is 11.5. The van der Waals surface area contributed by atoms with Crippen molar-refractivity contribution in [2.45, 2.75) is 11.8 Å². The number of sulfonamides is 1. The monoisotopic (exact) mass is 471 g/mol. The van der Waals surface area contributed by atoms with Crippen LogP contribution in [-0.4, -0.2) is 38.7 Å². The second kappa shape index (κ2) is 9.84. The third-order valence-electron chi connectivity index (χ3n) is 4.57. The van der Waals surface area contributed by atoms with E-state index in [-0.39, 0.29) is 33.6 Å². The minimum Gasteiger partial charge on any atom is -0.332 e. The van der Waals surface area contributed by atoms with E-state index in [4.69, 9.17) is 11.6 Å². The number of nitrogens with zero attached hydrogens (tertiary/aromatic N) is 1. The van der Waals surface area contributed by atoms with Crippen LogP contribution in [-0.2, 0) is 14.8 Å². The number of rotatable bonds is 7. The Bertz CT molecular complexity index is 1240. The topological polar surface area (TPSA) is 95.6 Å². The lowest BCUT2D eigenvalue weighted by molar-refractivity contribution is -0.116. The van der Waals surface area contributed by atoms with Gasteiger partial charge in [0.15, 0.2) is 0 Å². The third-order valence-corrected chi connectivity index (χ3v) is 6.27. The van der Waals surface area contributed by atoms with E-state index in [0.717, 1.165) is 5.56 Å². The molecule has 0 fully saturated rings. The van der Waals surface area contributed by atoms with Gasteiger partial charge >= 0.3 is 0 Å². The molecule has 9 heteroatoms. The SMILES string of the molecule is Cc1ccc(NC(=O)CN(C)C(=O)c2cccc(S(=O)(=O)Nc3ccccc3Cl)c2)cc1. The maximum absolute atomic E-state index is 12.8. The van der Waals surface area contributed by atoms with Crippen LogP contribution in [0.25, 0.3) is 0 Å². The molecule has 0 aliphatic rings. The highest BCUT2D eigenvalue weighted by atomic mass is 35.5. The molecule has 32 heavy (non-hydrogen) atoms. The van der Waals surface area contributed by atoms with Gasteiger partial charge in [0.1, 0.15) is 0 Å². The summed E-state index contributed by atoms with van der Waals surface area (Å²) < 4.78 is 27.9. The zero-order valence-electron chi connectivity index (χ0n) is 17.5. The first kappa shape index (κ1) is 23.3. The lowest BCUT2D eigenvalue weighted by Gasteiger charge is -2.17. The number of aryl methyl sites for hydroxylation is 1. The zero-order valence-corrected chi connectivity index (χ0v) is 19.1. The van der Waals surface area contributed by atoms with Crippen molar-refractivity contribution in [3.05, 3.63) is 88.9 Å². The summed E-state index contributed by atoms with van der Waals surface area (Å²) in [6, 6.07) is 19.3. The summed E-state index contributed by atoms with van der Waals surface area (Å²) in [5, 5.41) is 2.98. The van der Waals surface area contributed by atoms with Crippen molar-refractivity contribution in [2.24, 2.45) is 0 Å². The maximum atomic E-state index is 12.8. The van der Waals surface area contributed by atoms with Crippen LogP contribution in [0.2, 0.25) is 5.02 Å². The van der Waals surface area contributed by atoms with E-state index in [9.17, 15) is 18.0 Å². The van der Waals surface area contributed by atoms with Gasteiger partial charge in [0.2, 0.25) is 5.91 Å². The van der Waals surface area contributed by atoms with Gasteiger partial charge in [-0.25, -0.2) is 8.42 Å². The van der Waals surface area contributed by atoms with E-state index < -0.39 is 15.9 Å². The highest BCUT2D eigenvalue weighted by Gasteiger charge is 2.20. The molecule has 0 aliphatic carbocycles. The number of para-hydroxylation sites is 1. The van der Waals surface area contributed by atoms with Crippen molar-refractivity contribution >= 4 is 44.8 Å². The molecule has 0 saturated heterocycles. The molecule has 0 unspecified atom stereocenters. The maximum Gasteiger partial charge on any atom is 0.261 e. The van der Waals surface area contributed by atoms with Crippen LogP contribution in [0.1, 0.15) is 15.9 Å². The van der Waals surface area contributed by atoms with Gasteiger partial charge in [0.05, 0.1) is 22.2 Å². The van der Waals surface area contributed by atoms with Crippen molar-refractivity contribution in [3.63, 3.8) is 0 Å². The van der Waals surface area contributed by atoms with E-state index in [1.165, 1.54) is 42.3 Å². The quantitative estimate of drug-likeness (QED) is 0.540. The molecular weight excluding hydrogens is 450 g/mol. The van der Waals surface area contributed by atoms with Crippen molar-refractivity contribution in [2.75, 3.05) is 23.6 Å². The summed E-state index contributed by atoms with van der Waals surface area (Å²) in [4.78, 5) is 26.2. The predicted molar refractivity (Wildman–Crippen MR) is 125 cm³/mol. The van der Waals surface area contributed by atoms with Gasteiger partial charge in [0.25, 0.3) is 15.9 Å². The van der Waals surface area contributed by atoms with E-state index in [1.54, 1.807) is 30.3 Å². The number of anilines is 2. The molecule has 0 atom stereocenters. The first-order chi connectivity index (χ1) is 15.2. The number of carbonyl (C=O) groups is 2. The summed E-state index contributed by atoms with van der Waals surface area (Å²) in [7, 11) is -2.50. The molecule has 2 N–H and O–H groups in total. The average Bonchev–Trinajstić information content (AvgIpc) is 2.76. The molecule has 7 nitrogen and oxygen atoms in total. The smallest absolute Gasteiger partial charge is 0.261 e. The predicted octanol–water partition coefficient (Wildman–Crippen LogP) is 4.16. The zero-order chi connectivity index (χ0) is 23.3. The number of carbonyl (C=O) groups excluding carboxylic acids is 2. The van der Waals surface area contributed by atoms with Gasteiger partial charge in [-0.15, -0.1) is 0 Å². The number of hydrogen-bond acceptors (Lipinski definition) is 4. The van der Waals surface area contributed by atoms with Gasteiger partial charge in [0, 0.05) is 18.3 Å². The lowest BCUT2D eigenvalue weighted by atomic mass is 10.2. The van der Waals surface area contributed by atoms with Crippen LogP contribution in [0.3, 0.4) is 0 Å². The van der Waals surface area contributed by atoms with E-state index in [2.05, 4.69) is 10.0 Å². The van der Waals surface area contributed by atoms with Gasteiger partial charge in [-0.2, -0.15) is 0 Å². The average molecular weight is 472 g/mol. The highest BCUT2D eigenvalue weighted by molar-refractivity contribution is 7.92. The summed E-state index contributed by atoms with van der Waals surface area (Å²) in [5.74, 6) is -0.854. The van der Waals surface area contributed by atoms with Crippen molar-refractivity contribution in [3.8, 4) is 0 Å². The Morgan fingerprint density at radius 2 is 1.66 bits per heavy atom.